The summed E-state index contributed by atoms with van der Waals surface area (Å²) in [5, 5.41) is 4.54. The van der Waals surface area contributed by atoms with Crippen LogP contribution >= 0.6 is 11.3 Å². The lowest BCUT2D eigenvalue weighted by molar-refractivity contribution is 0.119. The van der Waals surface area contributed by atoms with E-state index in [0.29, 0.717) is 0 Å². The van der Waals surface area contributed by atoms with Crippen LogP contribution in [0.25, 0.3) is 11.3 Å². The fourth-order valence-corrected chi connectivity index (χ4v) is 3.17. The Hall–Kier alpha value is -1.23. The molecule has 0 saturated carbocycles. The summed E-state index contributed by atoms with van der Waals surface area (Å²) in [5.41, 5.74) is 2.29. The van der Waals surface area contributed by atoms with Gasteiger partial charge >= 0.3 is 0 Å². The minimum atomic E-state index is 0.205. The standard InChI is InChI=1S/C16H22N2OS/c1-4-17-11-14-16(13-8-6-5-7-9-13)18-15(20-14)10-12(2)19-3/h5-9,12,17H,4,10-11H2,1-3H3. The van der Waals surface area contributed by atoms with E-state index in [2.05, 4.69) is 43.4 Å². The number of hydrogen-bond donors (Lipinski definition) is 1. The van der Waals surface area contributed by atoms with Crippen molar-refractivity contribution in [1.82, 2.24) is 10.3 Å². The summed E-state index contributed by atoms with van der Waals surface area (Å²) in [6.45, 7) is 6.04. The highest BCUT2D eigenvalue weighted by Gasteiger charge is 2.14. The Morgan fingerprint density at radius 2 is 2.05 bits per heavy atom. The van der Waals surface area contributed by atoms with Crippen LogP contribution in [0.15, 0.2) is 30.3 Å². The van der Waals surface area contributed by atoms with Gasteiger partial charge in [0.1, 0.15) is 0 Å². The van der Waals surface area contributed by atoms with Crippen LogP contribution in [0.2, 0.25) is 0 Å². The quantitative estimate of drug-likeness (QED) is 0.847. The smallest absolute Gasteiger partial charge is 0.0961 e. The average Bonchev–Trinajstić information content (AvgIpc) is 2.88. The van der Waals surface area contributed by atoms with Crippen molar-refractivity contribution in [2.75, 3.05) is 13.7 Å². The van der Waals surface area contributed by atoms with Gasteiger partial charge in [-0.3, -0.25) is 0 Å². The van der Waals surface area contributed by atoms with Crippen molar-refractivity contribution < 1.29 is 4.74 Å². The summed E-state index contributed by atoms with van der Waals surface area (Å²) in [7, 11) is 1.75. The number of hydrogen-bond acceptors (Lipinski definition) is 4. The molecule has 20 heavy (non-hydrogen) atoms. The van der Waals surface area contributed by atoms with Gasteiger partial charge in [0.2, 0.25) is 0 Å². The predicted molar refractivity (Wildman–Crippen MR) is 85.1 cm³/mol. The van der Waals surface area contributed by atoms with Gasteiger partial charge in [-0.15, -0.1) is 11.3 Å². The maximum atomic E-state index is 5.34. The fraction of sp³-hybridized carbons (Fsp3) is 0.438. The Balaban J connectivity index is 2.28. The van der Waals surface area contributed by atoms with Crippen LogP contribution in [-0.4, -0.2) is 24.7 Å². The number of benzene rings is 1. The molecule has 0 fully saturated rings. The molecule has 1 N–H and O–H groups in total. The molecule has 1 aromatic heterocycles. The van der Waals surface area contributed by atoms with Gasteiger partial charge in [-0.1, -0.05) is 37.3 Å². The van der Waals surface area contributed by atoms with E-state index in [-0.39, 0.29) is 6.10 Å². The van der Waals surface area contributed by atoms with Crippen LogP contribution in [0.3, 0.4) is 0 Å². The first-order valence-electron chi connectivity index (χ1n) is 7.02. The molecule has 2 aromatic rings. The van der Waals surface area contributed by atoms with E-state index >= 15 is 0 Å². The number of rotatable bonds is 7. The fourth-order valence-electron chi connectivity index (χ4n) is 2.00. The molecule has 2 rings (SSSR count). The maximum absolute atomic E-state index is 5.34. The van der Waals surface area contributed by atoms with Crippen LogP contribution in [0.1, 0.15) is 23.7 Å². The number of nitrogens with zero attached hydrogens (tertiary/aromatic N) is 1. The Morgan fingerprint density at radius 3 is 2.70 bits per heavy atom. The minimum absolute atomic E-state index is 0.205. The zero-order valence-corrected chi connectivity index (χ0v) is 13.2. The van der Waals surface area contributed by atoms with Crippen molar-refractivity contribution in [3.8, 4) is 11.3 Å². The Kier molecular flexibility index (Phi) is 5.71. The van der Waals surface area contributed by atoms with E-state index < -0.39 is 0 Å². The third-order valence-corrected chi connectivity index (χ3v) is 4.27. The molecule has 1 aromatic carbocycles. The monoisotopic (exact) mass is 290 g/mol. The molecule has 0 saturated heterocycles. The van der Waals surface area contributed by atoms with E-state index in [0.717, 1.165) is 30.2 Å². The van der Waals surface area contributed by atoms with Gasteiger partial charge in [0.15, 0.2) is 0 Å². The van der Waals surface area contributed by atoms with Gasteiger partial charge in [0.25, 0.3) is 0 Å². The average molecular weight is 290 g/mol. The van der Waals surface area contributed by atoms with Gasteiger partial charge in [0, 0.05) is 30.5 Å². The molecule has 0 radical (unpaired) electrons. The first-order chi connectivity index (χ1) is 9.74. The van der Waals surface area contributed by atoms with Crippen molar-refractivity contribution in [3.63, 3.8) is 0 Å². The highest BCUT2D eigenvalue weighted by atomic mass is 32.1. The van der Waals surface area contributed by atoms with E-state index in [1.165, 1.54) is 10.4 Å². The second-order valence-electron chi connectivity index (χ2n) is 4.78. The molecule has 0 aliphatic carbocycles. The topological polar surface area (TPSA) is 34.1 Å². The van der Waals surface area contributed by atoms with Gasteiger partial charge in [-0.25, -0.2) is 4.98 Å². The molecule has 0 amide bonds. The molecule has 0 aliphatic rings. The molecule has 1 unspecified atom stereocenters. The molecular weight excluding hydrogens is 268 g/mol. The van der Waals surface area contributed by atoms with Crippen molar-refractivity contribution in [2.24, 2.45) is 0 Å². The van der Waals surface area contributed by atoms with E-state index in [4.69, 9.17) is 9.72 Å². The summed E-state index contributed by atoms with van der Waals surface area (Å²) in [6, 6.07) is 10.4. The number of thiazole rings is 1. The SMILES string of the molecule is CCNCc1sc(CC(C)OC)nc1-c1ccccc1. The molecule has 1 heterocycles. The summed E-state index contributed by atoms with van der Waals surface area (Å²) < 4.78 is 5.34. The lowest BCUT2D eigenvalue weighted by Crippen LogP contribution is -2.11. The first kappa shape index (κ1) is 15.2. The lowest BCUT2D eigenvalue weighted by Gasteiger charge is -2.05. The van der Waals surface area contributed by atoms with Crippen molar-refractivity contribution >= 4 is 11.3 Å². The van der Waals surface area contributed by atoms with Gasteiger partial charge in [-0.05, 0) is 13.5 Å². The molecule has 1 atom stereocenters. The zero-order valence-electron chi connectivity index (χ0n) is 12.3. The van der Waals surface area contributed by atoms with Crippen LogP contribution in [0.4, 0.5) is 0 Å². The van der Waals surface area contributed by atoms with Crippen LogP contribution in [0, 0.1) is 0 Å². The van der Waals surface area contributed by atoms with E-state index in [1.807, 2.05) is 6.07 Å². The first-order valence-corrected chi connectivity index (χ1v) is 7.83. The van der Waals surface area contributed by atoms with Crippen molar-refractivity contribution in [2.45, 2.75) is 32.9 Å². The molecule has 4 heteroatoms. The number of nitrogens with one attached hydrogen (secondary N) is 1. The third kappa shape index (κ3) is 3.88. The lowest BCUT2D eigenvalue weighted by atomic mass is 10.1. The molecule has 0 spiro atoms. The summed E-state index contributed by atoms with van der Waals surface area (Å²) >= 11 is 1.78. The van der Waals surface area contributed by atoms with Crippen LogP contribution in [-0.2, 0) is 17.7 Å². The Morgan fingerprint density at radius 1 is 1.30 bits per heavy atom. The normalized spacial score (nSPS) is 12.6. The van der Waals surface area contributed by atoms with E-state index in [1.54, 1.807) is 18.4 Å². The van der Waals surface area contributed by atoms with Gasteiger partial charge in [-0.2, -0.15) is 0 Å². The maximum Gasteiger partial charge on any atom is 0.0961 e. The minimum Gasteiger partial charge on any atom is -0.381 e. The molecule has 3 nitrogen and oxygen atoms in total. The molecule has 0 aliphatic heterocycles. The summed E-state index contributed by atoms with van der Waals surface area (Å²) in [6.07, 6.45) is 1.07. The molecular formula is C16H22N2OS. The molecule has 108 valence electrons. The number of methoxy groups -OCH3 is 1. The molecule has 0 bridgehead atoms. The Bertz CT molecular complexity index is 525. The van der Waals surface area contributed by atoms with Crippen molar-refractivity contribution in [1.29, 1.82) is 0 Å². The van der Waals surface area contributed by atoms with Gasteiger partial charge in [0.05, 0.1) is 16.8 Å². The summed E-state index contributed by atoms with van der Waals surface area (Å²) in [4.78, 5) is 6.12. The van der Waals surface area contributed by atoms with Gasteiger partial charge < -0.3 is 10.1 Å². The van der Waals surface area contributed by atoms with Crippen LogP contribution in [0.5, 0.6) is 0 Å². The van der Waals surface area contributed by atoms with E-state index in [9.17, 15) is 0 Å². The largest absolute Gasteiger partial charge is 0.381 e. The second kappa shape index (κ2) is 7.53. The van der Waals surface area contributed by atoms with Crippen molar-refractivity contribution in [3.05, 3.63) is 40.2 Å². The van der Waals surface area contributed by atoms with Crippen LogP contribution < -0.4 is 5.32 Å². The second-order valence-corrected chi connectivity index (χ2v) is 5.94. The highest BCUT2D eigenvalue weighted by molar-refractivity contribution is 7.12. The summed E-state index contributed by atoms with van der Waals surface area (Å²) in [5.74, 6) is 0. The number of ether oxygens (including phenoxy) is 1. The highest BCUT2D eigenvalue weighted by Crippen LogP contribution is 2.29. The number of aromatic nitrogens is 1. The predicted octanol–water partition coefficient (Wildman–Crippen LogP) is 3.50. The zero-order chi connectivity index (χ0) is 14.4. The Labute approximate surface area is 125 Å². The third-order valence-electron chi connectivity index (χ3n) is 3.19.